The van der Waals surface area contributed by atoms with Crippen LogP contribution in [0.25, 0.3) is 0 Å². The zero-order valence-electron chi connectivity index (χ0n) is 10.5. The lowest BCUT2D eigenvalue weighted by Crippen LogP contribution is -2.35. The van der Waals surface area contributed by atoms with Gasteiger partial charge in [0.2, 0.25) is 5.91 Å². The molecule has 0 aliphatic rings. The second-order valence-corrected chi connectivity index (χ2v) is 3.89. The fourth-order valence-electron chi connectivity index (χ4n) is 1.37. The van der Waals surface area contributed by atoms with Gasteiger partial charge in [0, 0.05) is 13.6 Å². The minimum atomic E-state index is -1.08. The van der Waals surface area contributed by atoms with Gasteiger partial charge >= 0.3 is 5.97 Å². The van der Waals surface area contributed by atoms with Crippen molar-refractivity contribution in [1.29, 1.82) is 0 Å². The lowest BCUT2D eigenvalue weighted by atomic mass is 10.3. The second kappa shape index (κ2) is 6.58. The van der Waals surface area contributed by atoms with E-state index in [0.29, 0.717) is 12.4 Å². The van der Waals surface area contributed by atoms with Crippen molar-refractivity contribution in [1.82, 2.24) is 10.3 Å². The van der Waals surface area contributed by atoms with E-state index in [0.717, 1.165) is 6.42 Å². The van der Waals surface area contributed by atoms with Crippen LogP contribution >= 0.6 is 0 Å². The summed E-state index contributed by atoms with van der Waals surface area (Å²) in [6, 6.07) is 4.68. The smallest absolute Gasteiger partial charge is 0.354 e. The van der Waals surface area contributed by atoms with Gasteiger partial charge in [0.05, 0.1) is 6.54 Å². The summed E-state index contributed by atoms with van der Waals surface area (Å²) in [6.07, 6.45) is 0.877. The van der Waals surface area contributed by atoms with Crippen molar-refractivity contribution in [3.05, 3.63) is 23.9 Å². The van der Waals surface area contributed by atoms with E-state index in [4.69, 9.17) is 5.11 Å². The number of anilines is 1. The van der Waals surface area contributed by atoms with Crippen molar-refractivity contribution >= 4 is 17.7 Å². The van der Waals surface area contributed by atoms with Gasteiger partial charge in [-0.25, -0.2) is 9.78 Å². The van der Waals surface area contributed by atoms with Crippen LogP contribution in [0.1, 0.15) is 23.8 Å². The SMILES string of the molecule is CCCNC(=O)CN(C)c1cccc(C(=O)O)n1. The zero-order chi connectivity index (χ0) is 13.5. The maximum Gasteiger partial charge on any atom is 0.354 e. The molecule has 0 saturated heterocycles. The van der Waals surface area contributed by atoms with E-state index in [1.165, 1.54) is 6.07 Å². The van der Waals surface area contributed by atoms with Crippen molar-refractivity contribution in [2.45, 2.75) is 13.3 Å². The summed E-state index contributed by atoms with van der Waals surface area (Å²) in [6.45, 7) is 2.76. The van der Waals surface area contributed by atoms with Gasteiger partial charge in [-0.2, -0.15) is 0 Å². The molecule has 2 N–H and O–H groups in total. The van der Waals surface area contributed by atoms with Crippen LogP contribution in [0.4, 0.5) is 5.82 Å². The number of aromatic carboxylic acids is 1. The van der Waals surface area contributed by atoms with Crippen LogP contribution in [0, 0.1) is 0 Å². The molecular formula is C12H17N3O3. The van der Waals surface area contributed by atoms with E-state index in [2.05, 4.69) is 10.3 Å². The molecule has 0 radical (unpaired) electrons. The highest BCUT2D eigenvalue weighted by atomic mass is 16.4. The minimum absolute atomic E-state index is 0.0340. The number of aromatic nitrogens is 1. The molecule has 1 amide bonds. The number of carboxylic acids is 1. The van der Waals surface area contributed by atoms with Crippen molar-refractivity contribution in [3.63, 3.8) is 0 Å². The molecule has 0 atom stereocenters. The van der Waals surface area contributed by atoms with Crippen molar-refractivity contribution < 1.29 is 14.7 Å². The molecule has 0 bridgehead atoms. The lowest BCUT2D eigenvalue weighted by Gasteiger charge is -2.17. The minimum Gasteiger partial charge on any atom is -0.477 e. The molecule has 0 fully saturated rings. The Hall–Kier alpha value is -2.11. The molecule has 0 saturated carbocycles. The van der Waals surface area contributed by atoms with Crippen molar-refractivity contribution in [3.8, 4) is 0 Å². The number of pyridine rings is 1. The lowest BCUT2D eigenvalue weighted by molar-refractivity contribution is -0.119. The van der Waals surface area contributed by atoms with Crippen LogP contribution in [0.15, 0.2) is 18.2 Å². The number of amides is 1. The maximum absolute atomic E-state index is 11.5. The number of carbonyl (C=O) groups is 2. The molecule has 1 aromatic rings. The number of nitrogens with zero attached hydrogens (tertiary/aromatic N) is 2. The molecule has 0 aromatic carbocycles. The van der Waals surface area contributed by atoms with Crippen LogP contribution < -0.4 is 10.2 Å². The van der Waals surface area contributed by atoms with E-state index >= 15 is 0 Å². The van der Waals surface area contributed by atoms with E-state index in [9.17, 15) is 9.59 Å². The Labute approximate surface area is 106 Å². The van der Waals surface area contributed by atoms with E-state index in [-0.39, 0.29) is 18.1 Å². The van der Waals surface area contributed by atoms with E-state index in [1.807, 2.05) is 6.92 Å². The average molecular weight is 251 g/mol. The van der Waals surface area contributed by atoms with Crippen molar-refractivity contribution in [2.75, 3.05) is 25.0 Å². The van der Waals surface area contributed by atoms with Gasteiger partial charge in [-0.05, 0) is 18.6 Å². The Morgan fingerprint density at radius 1 is 1.44 bits per heavy atom. The highest BCUT2D eigenvalue weighted by Crippen LogP contribution is 2.09. The first-order valence-electron chi connectivity index (χ1n) is 5.72. The number of rotatable bonds is 6. The second-order valence-electron chi connectivity index (χ2n) is 3.89. The predicted molar refractivity (Wildman–Crippen MR) is 67.8 cm³/mol. The van der Waals surface area contributed by atoms with Crippen molar-refractivity contribution in [2.24, 2.45) is 0 Å². The Balaban J connectivity index is 2.66. The molecule has 1 rings (SSSR count). The molecule has 0 aliphatic carbocycles. The Morgan fingerprint density at radius 3 is 2.78 bits per heavy atom. The summed E-state index contributed by atoms with van der Waals surface area (Å²) < 4.78 is 0. The third kappa shape index (κ3) is 4.04. The van der Waals surface area contributed by atoms with Crippen LogP contribution in [-0.2, 0) is 4.79 Å². The number of likely N-dealkylation sites (N-methyl/N-ethyl adjacent to an activating group) is 1. The maximum atomic E-state index is 11.5. The van der Waals surface area contributed by atoms with Crippen LogP contribution in [0.2, 0.25) is 0 Å². The third-order valence-electron chi connectivity index (χ3n) is 2.30. The molecule has 0 spiro atoms. The largest absolute Gasteiger partial charge is 0.477 e. The molecular weight excluding hydrogens is 234 g/mol. The third-order valence-corrected chi connectivity index (χ3v) is 2.30. The number of hydrogen-bond donors (Lipinski definition) is 2. The number of carbonyl (C=O) groups excluding carboxylic acids is 1. The molecule has 6 nitrogen and oxygen atoms in total. The van der Waals surface area contributed by atoms with E-state index < -0.39 is 5.97 Å². The number of hydrogen-bond acceptors (Lipinski definition) is 4. The molecule has 0 aliphatic heterocycles. The monoisotopic (exact) mass is 251 g/mol. The topological polar surface area (TPSA) is 82.5 Å². The summed E-state index contributed by atoms with van der Waals surface area (Å²) >= 11 is 0. The van der Waals surface area contributed by atoms with Gasteiger partial charge in [0.15, 0.2) is 5.69 Å². The highest BCUT2D eigenvalue weighted by molar-refractivity contribution is 5.86. The number of nitrogens with one attached hydrogen (secondary N) is 1. The zero-order valence-corrected chi connectivity index (χ0v) is 10.5. The van der Waals surface area contributed by atoms with Crippen LogP contribution in [0.3, 0.4) is 0 Å². The van der Waals surface area contributed by atoms with E-state index in [1.54, 1.807) is 24.1 Å². The summed E-state index contributed by atoms with van der Waals surface area (Å²) in [5.41, 5.74) is -0.0340. The van der Waals surface area contributed by atoms with Gasteiger partial charge in [-0.1, -0.05) is 13.0 Å². The summed E-state index contributed by atoms with van der Waals surface area (Å²) in [7, 11) is 1.69. The fourth-order valence-corrected chi connectivity index (χ4v) is 1.37. The Bertz CT molecular complexity index is 434. The van der Waals surface area contributed by atoms with Gasteiger partial charge in [0.1, 0.15) is 5.82 Å². The van der Waals surface area contributed by atoms with Gasteiger partial charge in [-0.15, -0.1) is 0 Å². The molecule has 18 heavy (non-hydrogen) atoms. The normalized spacial score (nSPS) is 9.89. The molecule has 1 aromatic heterocycles. The van der Waals surface area contributed by atoms with Gasteiger partial charge in [0.25, 0.3) is 0 Å². The molecule has 98 valence electrons. The van der Waals surface area contributed by atoms with Crippen LogP contribution in [0.5, 0.6) is 0 Å². The predicted octanol–water partition coefficient (Wildman–Crippen LogP) is 0.742. The fraction of sp³-hybridized carbons (Fsp3) is 0.417. The summed E-state index contributed by atoms with van der Waals surface area (Å²) in [5, 5.41) is 11.6. The standard InChI is InChI=1S/C12H17N3O3/c1-3-7-13-11(16)8-15(2)10-6-4-5-9(14-10)12(17)18/h4-6H,3,7-8H2,1-2H3,(H,13,16)(H,17,18). The van der Waals surface area contributed by atoms with Crippen LogP contribution in [-0.4, -0.2) is 42.1 Å². The quantitative estimate of drug-likeness (QED) is 0.779. The first-order chi connectivity index (χ1) is 8.54. The average Bonchev–Trinajstić information content (AvgIpc) is 2.36. The molecule has 6 heteroatoms. The first-order valence-corrected chi connectivity index (χ1v) is 5.72. The molecule has 1 heterocycles. The first kappa shape index (κ1) is 14.0. The summed E-state index contributed by atoms with van der Waals surface area (Å²) in [4.78, 5) is 27.8. The Morgan fingerprint density at radius 2 is 2.17 bits per heavy atom. The highest BCUT2D eigenvalue weighted by Gasteiger charge is 2.10. The molecule has 0 unspecified atom stereocenters. The Kier molecular flexibility index (Phi) is 5.10. The van der Waals surface area contributed by atoms with Gasteiger partial charge < -0.3 is 15.3 Å². The van der Waals surface area contributed by atoms with Gasteiger partial charge in [-0.3, -0.25) is 4.79 Å². The summed E-state index contributed by atoms with van der Waals surface area (Å²) in [5.74, 6) is -0.732. The number of carboxylic acid groups (broad SMARTS) is 1.